The van der Waals surface area contributed by atoms with E-state index in [-0.39, 0.29) is 6.29 Å². The van der Waals surface area contributed by atoms with Crippen molar-refractivity contribution in [2.75, 3.05) is 19.8 Å². The van der Waals surface area contributed by atoms with Crippen molar-refractivity contribution < 1.29 is 14.2 Å². The highest BCUT2D eigenvalue weighted by molar-refractivity contribution is 5.28. The number of benzene rings is 1. The molecular formula is C26H40O3. The van der Waals surface area contributed by atoms with Gasteiger partial charge in [-0.05, 0) is 56.1 Å². The second-order valence-corrected chi connectivity index (χ2v) is 8.88. The number of ether oxygens (including phenoxy) is 3. The van der Waals surface area contributed by atoms with Gasteiger partial charge in [0.05, 0.1) is 13.2 Å². The monoisotopic (exact) mass is 400 g/mol. The van der Waals surface area contributed by atoms with E-state index in [9.17, 15) is 0 Å². The summed E-state index contributed by atoms with van der Waals surface area (Å²) < 4.78 is 17.7. The van der Waals surface area contributed by atoms with E-state index in [2.05, 4.69) is 38.1 Å². The Balaban J connectivity index is 1.35. The Bertz CT molecular complexity index is 578. The van der Waals surface area contributed by atoms with Crippen molar-refractivity contribution >= 4 is 0 Å². The molecule has 0 atom stereocenters. The van der Waals surface area contributed by atoms with Gasteiger partial charge in [-0.25, -0.2) is 0 Å². The summed E-state index contributed by atoms with van der Waals surface area (Å²) in [7, 11) is 0. The lowest BCUT2D eigenvalue weighted by Crippen LogP contribution is -2.27. The predicted molar refractivity (Wildman–Crippen MR) is 119 cm³/mol. The topological polar surface area (TPSA) is 27.7 Å². The zero-order valence-corrected chi connectivity index (χ0v) is 18.5. The molecule has 1 heterocycles. The molecule has 1 aromatic carbocycles. The summed E-state index contributed by atoms with van der Waals surface area (Å²) in [5.74, 6) is 3.17. The first-order chi connectivity index (χ1) is 14.3. The zero-order chi connectivity index (χ0) is 20.3. The van der Waals surface area contributed by atoms with E-state index in [0.29, 0.717) is 12.5 Å². The van der Waals surface area contributed by atoms with Crippen molar-refractivity contribution in [1.29, 1.82) is 0 Å². The lowest BCUT2D eigenvalue weighted by atomic mass is 9.80. The Morgan fingerprint density at radius 2 is 1.62 bits per heavy atom. The van der Waals surface area contributed by atoms with E-state index in [1.165, 1.54) is 57.8 Å². The van der Waals surface area contributed by atoms with Gasteiger partial charge in [-0.2, -0.15) is 0 Å². The Morgan fingerprint density at radius 3 is 2.28 bits per heavy atom. The first-order valence-corrected chi connectivity index (χ1v) is 11.9. The molecule has 1 aliphatic carbocycles. The number of rotatable bonds is 10. The van der Waals surface area contributed by atoms with Crippen molar-refractivity contribution in [2.45, 2.75) is 77.9 Å². The molecule has 2 aliphatic rings. The molecule has 0 spiro atoms. The molecule has 2 fully saturated rings. The standard InChI is InChI=1S/C26H40O3/c1-3-5-8-23-19-28-26(29-20-23)24-14-16-25(17-15-24)27-18-6-9-22-12-10-21(7-4-2)11-13-22/h6,9,14-17,21-23,26H,3-5,7-8,10-13,18-20H2,1-2H3. The predicted octanol–water partition coefficient (Wildman–Crippen LogP) is 7.08. The highest BCUT2D eigenvalue weighted by Crippen LogP contribution is 2.32. The molecule has 3 nitrogen and oxygen atoms in total. The molecule has 1 aromatic rings. The fourth-order valence-electron chi connectivity index (χ4n) is 4.59. The Kier molecular flexibility index (Phi) is 9.56. The highest BCUT2D eigenvalue weighted by Gasteiger charge is 2.23. The minimum absolute atomic E-state index is 0.232. The van der Waals surface area contributed by atoms with E-state index in [1.807, 2.05) is 12.1 Å². The van der Waals surface area contributed by atoms with Crippen LogP contribution >= 0.6 is 0 Å². The van der Waals surface area contributed by atoms with Gasteiger partial charge >= 0.3 is 0 Å². The van der Waals surface area contributed by atoms with E-state index < -0.39 is 0 Å². The van der Waals surface area contributed by atoms with Crippen LogP contribution in [0.15, 0.2) is 36.4 Å². The largest absolute Gasteiger partial charge is 0.490 e. The summed E-state index contributed by atoms with van der Waals surface area (Å²) in [6.45, 7) is 6.77. The second-order valence-electron chi connectivity index (χ2n) is 8.88. The van der Waals surface area contributed by atoms with Crippen molar-refractivity contribution in [1.82, 2.24) is 0 Å². The van der Waals surface area contributed by atoms with Crippen LogP contribution in [0.3, 0.4) is 0 Å². The molecule has 1 aliphatic heterocycles. The third kappa shape index (κ3) is 7.46. The summed E-state index contributed by atoms with van der Waals surface area (Å²) in [5.41, 5.74) is 1.07. The number of hydrogen-bond donors (Lipinski definition) is 0. The normalized spacial score (nSPS) is 27.9. The Labute approximate surface area is 177 Å². The lowest BCUT2D eigenvalue weighted by molar-refractivity contribution is -0.206. The van der Waals surface area contributed by atoms with Crippen LogP contribution in [0.2, 0.25) is 0 Å². The second kappa shape index (κ2) is 12.4. The van der Waals surface area contributed by atoms with Crippen LogP contribution in [0.5, 0.6) is 5.75 Å². The van der Waals surface area contributed by atoms with Crippen LogP contribution in [0, 0.1) is 17.8 Å². The third-order valence-electron chi connectivity index (χ3n) is 6.43. The first-order valence-electron chi connectivity index (χ1n) is 11.9. The van der Waals surface area contributed by atoms with Crippen molar-refractivity contribution in [3.05, 3.63) is 42.0 Å². The highest BCUT2D eigenvalue weighted by atomic mass is 16.7. The third-order valence-corrected chi connectivity index (χ3v) is 6.43. The molecule has 29 heavy (non-hydrogen) atoms. The molecule has 1 saturated carbocycles. The SMILES string of the molecule is CCCCC1COC(c2ccc(OCC=CC3CCC(CCC)CC3)cc2)OC1. The lowest BCUT2D eigenvalue weighted by Gasteiger charge is -2.29. The van der Waals surface area contributed by atoms with E-state index in [4.69, 9.17) is 14.2 Å². The molecular weight excluding hydrogens is 360 g/mol. The van der Waals surface area contributed by atoms with Gasteiger partial charge in [-0.1, -0.05) is 63.8 Å². The van der Waals surface area contributed by atoms with E-state index in [1.54, 1.807) is 0 Å². The van der Waals surface area contributed by atoms with Gasteiger partial charge in [0.1, 0.15) is 12.4 Å². The van der Waals surface area contributed by atoms with Crippen LogP contribution < -0.4 is 4.74 Å². The van der Waals surface area contributed by atoms with Crippen molar-refractivity contribution in [3.8, 4) is 5.75 Å². The molecule has 0 radical (unpaired) electrons. The number of allylic oxidation sites excluding steroid dienone is 1. The molecule has 3 heteroatoms. The fraction of sp³-hybridized carbons (Fsp3) is 0.692. The maximum atomic E-state index is 5.93. The average Bonchev–Trinajstić information content (AvgIpc) is 2.77. The molecule has 162 valence electrons. The summed E-state index contributed by atoms with van der Waals surface area (Å²) in [4.78, 5) is 0. The summed E-state index contributed by atoms with van der Waals surface area (Å²) in [6, 6.07) is 8.17. The maximum Gasteiger partial charge on any atom is 0.183 e. The minimum atomic E-state index is -0.232. The molecule has 1 saturated heterocycles. The number of unbranched alkanes of at least 4 members (excludes halogenated alkanes) is 1. The van der Waals surface area contributed by atoms with Gasteiger partial charge in [0.25, 0.3) is 0 Å². The molecule has 3 rings (SSSR count). The molecule has 0 aromatic heterocycles. The van der Waals surface area contributed by atoms with Crippen molar-refractivity contribution in [3.63, 3.8) is 0 Å². The van der Waals surface area contributed by atoms with Crippen LogP contribution in [-0.2, 0) is 9.47 Å². The quantitative estimate of drug-likeness (QED) is 0.393. The zero-order valence-electron chi connectivity index (χ0n) is 18.5. The van der Waals surface area contributed by atoms with Gasteiger partial charge in [-0.15, -0.1) is 0 Å². The Hall–Kier alpha value is -1.32. The number of hydrogen-bond acceptors (Lipinski definition) is 3. The molecule has 0 amide bonds. The summed E-state index contributed by atoms with van der Waals surface area (Å²) in [5, 5.41) is 0. The molecule has 0 bridgehead atoms. The van der Waals surface area contributed by atoms with Gasteiger partial charge in [-0.3, -0.25) is 0 Å². The van der Waals surface area contributed by atoms with Gasteiger partial charge < -0.3 is 14.2 Å². The van der Waals surface area contributed by atoms with Gasteiger partial charge in [0, 0.05) is 11.5 Å². The van der Waals surface area contributed by atoms with Gasteiger partial charge in [0.15, 0.2) is 6.29 Å². The van der Waals surface area contributed by atoms with Crippen LogP contribution in [-0.4, -0.2) is 19.8 Å². The maximum absolute atomic E-state index is 5.93. The first kappa shape index (κ1) is 22.4. The Morgan fingerprint density at radius 1 is 0.897 bits per heavy atom. The summed E-state index contributed by atoms with van der Waals surface area (Å²) >= 11 is 0. The van der Waals surface area contributed by atoms with Crippen LogP contribution in [0.4, 0.5) is 0 Å². The fourth-order valence-corrected chi connectivity index (χ4v) is 4.59. The van der Waals surface area contributed by atoms with E-state index >= 15 is 0 Å². The summed E-state index contributed by atoms with van der Waals surface area (Å²) in [6.07, 6.45) is 16.2. The smallest absolute Gasteiger partial charge is 0.183 e. The molecule has 0 unspecified atom stereocenters. The van der Waals surface area contributed by atoms with Crippen LogP contribution in [0.25, 0.3) is 0 Å². The average molecular weight is 401 g/mol. The minimum Gasteiger partial charge on any atom is -0.490 e. The molecule has 0 N–H and O–H groups in total. The van der Waals surface area contributed by atoms with Crippen molar-refractivity contribution in [2.24, 2.45) is 17.8 Å². The van der Waals surface area contributed by atoms with E-state index in [0.717, 1.165) is 36.4 Å². The van der Waals surface area contributed by atoms with Crippen LogP contribution in [0.1, 0.15) is 83.5 Å². The van der Waals surface area contributed by atoms with Gasteiger partial charge in [0.2, 0.25) is 0 Å².